The molecule has 0 aliphatic carbocycles. The Morgan fingerprint density at radius 3 is 2.94 bits per heavy atom. The quantitative estimate of drug-likeness (QED) is 0.560. The van der Waals surface area contributed by atoms with Crippen molar-refractivity contribution >= 4 is 23.6 Å². The first-order chi connectivity index (χ1) is 15.0. The van der Waals surface area contributed by atoms with E-state index in [1.165, 1.54) is 22.1 Å². The number of aryl methyl sites for hydroxylation is 1. The highest BCUT2D eigenvalue weighted by Gasteiger charge is 2.28. The Hall–Kier alpha value is -3.39. The zero-order valence-electron chi connectivity index (χ0n) is 17.2. The molecule has 1 aliphatic heterocycles. The Morgan fingerprint density at radius 2 is 2.10 bits per heavy atom. The van der Waals surface area contributed by atoms with Crippen molar-refractivity contribution in [1.29, 1.82) is 0 Å². The molecule has 2 aromatic carbocycles. The van der Waals surface area contributed by atoms with Gasteiger partial charge in [-0.3, -0.25) is 9.59 Å². The van der Waals surface area contributed by atoms with Gasteiger partial charge < -0.3 is 10.6 Å². The summed E-state index contributed by atoms with van der Waals surface area (Å²) in [5.74, 6) is -0.212. The highest BCUT2D eigenvalue weighted by Crippen LogP contribution is 2.37. The van der Waals surface area contributed by atoms with Crippen LogP contribution >= 0.6 is 11.8 Å². The maximum absolute atomic E-state index is 12.7. The molecule has 8 heteroatoms. The van der Waals surface area contributed by atoms with E-state index in [-0.39, 0.29) is 23.6 Å². The fourth-order valence-electron chi connectivity index (χ4n) is 3.39. The molecule has 1 aromatic heterocycles. The number of nitrogens with one attached hydrogen (secondary N) is 2. The number of carbonyl (C=O) groups excluding carboxylic acids is 2. The Morgan fingerprint density at radius 1 is 1.23 bits per heavy atom. The fraction of sp³-hybridized carbons (Fsp3) is 0.217. The molecule has 0 fully saturated rings. The second kappa shape index (κ2) is 9.18. The standard InChI is InChI=1S/C23H23N5O2S/c1-3-22(29)24-13-18-14-28(27-26-18)19-6-4-5-16(10-19)12-25-23(30)21-11-17-9-15(2)7-8-20(17)31-21/h3-10,14,21H,1,11-13H2,2H3,(H,24,29)(H,25,30). The van der Waals surface area contributed by atoms with Crippen molar-refractivity contribution in [1.82, 2.24) is 25.6 Å². The number of thioether (sulfide) groups is 1. The van der Waals surface area contributed by atoms with Crippen LogP contribution in [-0.2, 0) is 29.1 Å². The van der Waals surface area contributed by atoms with E-state index in [2.05, 4.69) is 52.6 Å². The zero-order chi connectivity index (χ0) is 21.8. The predicted octanol–water partition coefficient (Wildman–Crippen LogP) is 2.71. The van der Waals surface area contributed by atoms with Gasteiger partial charge in [0.15, 0.2) is 0 Å². The second-order valence-electron chi connectivity index (χ2n) is 7.39. The zero-order valence-corrected chi connectivity index (χ0v) is 18.0. The molecule has 0 spiro atoms. The van der Waals surface area contributed by atoms with E-state index < -0.39 is 0 Å². The fourth-order valence-corrected chi connectivity index (χ4v) is 4.59. The van der Waals surface area contributed by atoms with Crippen LogP contribution in [0.25, 0.3) is 5.69 Å². The van der Waals surface area contributed by atoms with Crippen molar-refractivity contribution in [2.75, 3.05) is 0 Å². The highest BCUT2D eigenvalue weighted by molar-refractivity contribution is 8.01. The Labute approximate surface area is 184 Å². The summed E-state index contributed by atoms with van der Waals surface area (Å²) < 4.78 is 1.65. The van der Waals surface area contributed by atoms with Gasteiger partial charge in [0.2, 0.25) is 11.8 Å². The van der Waals surface area contributed by atoms with E-state index in [0.717, 1.165) is 17.7 Å². The number of rotatable bonds is 7. The maximum Gasteiger partial charge on any atom is 0.243 e. The lowest BCUT2D eigenvalue weighted by Crippen LogP contribution is -2.32. The highest BCUT2D eigenvalue weighted by atomic mass is 32.2. The number of carbonyl (C=O) groups is 2. The molecule has 2 amide bonds. The molecule has 0 saturated carbocycles. The van der Waals surface area contributed by atoms with Crippen molar-refractivity contribution in [2.45, 2.75) is 36.6 Å². The largest absolute Gasteiger partial charge is 0.351 e. The van der Waals surface area contributed by atoms with Gasteiger partial charge in [-0.2, -0.15) is 0 Å². The number of hydrogen-bond acceptors (Lipinski definition) is 5. The Bertz CT molecular complexity index is 1140. The SMILES string of the molecule is C=CC(=O)NCc1cn(-c2cccc(CNC(=O)C3Cc4cc(C)ccc4S3)c2)nn1. The van der Waals surface area contributed by atoms with Crippen LogP contribution in [-0.4, -0.2) is 32.1 Å². The number of aromatic nitrogens is 3. The number of hydrogen-bond donors (Lipinski definition) is 2. The van der Waals surface area contributed by atoms with Crippen LogP contribution in [0.1, 0.15) is 22.4 Å². The third kappa shape index (κ3) is 5.03. The molecule has 7 nitrogen and oxygen atoms in total. The van der Waals surface area contributed by atoms with Gasteiger partial charge in [0.25, 0.3) is 0 Å². The van der Waals surface area contributed by atoms with Gasteiger partial charge >= 0.3 is 0 Å². The van der Waals surface area contributed by atoms with Crippen LogP contribution in [0, 0.1) is 6.92 Å². The number of nitrogens with zero attached hydrogens (tertiary/aromatic N) is 3. The van der Waals surface area contributed by atoms with Crippen LogP contribution < -0.4 is 10.6 Å². The molecular weight excluding hydrogens is 410 g/mol. The molecule has 31 heavy (non-hydrogen) atoms. The molecular formula is C23H23N5O2S. The van der Waals surface area contributed by atoms with E-state index in [9.17, 15) is 9.59 Å². The van der Waals surface area contributed by atoms with Crippen LogP contribution in [0.15, 0.2) is 66.2 Å². The van der Waals surface area contributed by atoms with Crippen LogP contribution in [0.5, 0.6) is 0 Å². The van der Waals surface area contributed by atoms with Gasteiger partial charge in [0.1, 0.15) is 5.69 Å². The van der Waals surface area contributed by atoms with Gasteiger partial charge in [0.05, 0.1) is 23.7 Å². The second-order valence-corrected chi connectivity index (χ2v) is 8.63. The smallest absolute Gasteiger partial charge is 0.243 e. The van der Waals surface area contributed by atoms with Crippen molar-refractivity contribution in [2.24, 2.45) is 0 Å². The molecule has 158 valence electrons. The molecule has 0 bridgehead atoms. The van der Waals surface area contributed by atoms with Crippen molar-refractivity contribution in [3.05, 3.63) is 83.7 Å². The molecule has 1 unspecified atom stereocenters. The van der Waals surface area contributed by atoms with Crippen molar-refractivity contribution < 1.29 is 9.59 Å². The van der Waals surface area contributed by atoms with E-state index in [1.807, 2.05) is 24.3 Å². The minimum absolute atomic E-state index is 0.0465. The minimum atomic E-state index is -0.258. The molecule has 1 aliphatic rings. The average Bonchev–Trinajstić information content (AvgIpc) is 3.43. The molecule has 0 saturated heterocycles. The summed E-state index contributed by atoms with van der Waals surface area (Å²) in [4.78, 5) is 25.2. The van der Waals surface area contributed by atoms with E-state index in [1.54, 1.807) is 22.6 Å². The monoisotopic (exact) mass is 433 g/mol. The Balaban J connectivity index is 1.35. The van der Waals surface area contributed by atoms with Crippen LogP contribution in [0.3, 0.4) is 0 Å². The minimum Gasteiger partial charge on any atom is -0.351 e. The summed E-state index contributed by atoms with van der Waals surface area (Å²) in [6.45, 7) is 6.21. The van der Waals surface area contributed by atoms with E-state index in [4.69, 9.17) is 0 Å². The average molecular weight is 434 g/mol. The number of fused-ring (bicyclic) bond motifs is 1. The van der Waals surface area contributed by atoms with Gasteiger partial charge in [-0.1, -0.05) is 41.6 Å². The summed E-state index contributed by atoms with van der Waals surface area (Å²) in [5, 5.41) is 13.8. The van der Waals surface area contributed by atoms with Crippen molar-refractivity contribution in [3.63, 3.8) is 0 Å². The summed E-state index contributed by atoms with van der Waals surface area (Å²) in [6, 6.07) is 14.1. The summed E-state index contributed by atoms with van der Waals surface area (Å²) in [5.41, 5.74) is 4.91. The molecule has 2 heterocycles. The topological polar surface area (TPSA) is 88.9 Å². The van der Waals surface area contributed by atoms with Crippen LogP contribution in [0.2, 0.25) is 0 Å². The van der Waals surface area contributed by atoms with Gasteiger partial charge in [-0.25, -0.2) is 4.68 Å². The molecule has 0 radical (unpaired) electrons. The summed E-state index contributed by atoms with van der Waals surface area (Å²) in [6.07, 6.45) is 3.74. The normalized spacial score (nSPS) is 14.7. The van der Waals surface area contributed by atoms with Gasteiger partial charge in [-0.15, -0.1) is 16.9 Å². The van der Waals surface area contributed by atoms with E-state index >= 15 is 0 Å². The molecule has 4 rings (SSSR count). The first-order valence-electron chi connectivity index (χ1n) is 9.96. The first kappa shape index (κ1) is 20.9. The lowest BCUT2D eigenvalue weighted by Gasteiger charge is -2.11. The third-order valence-corrected chi connectivity index (χ3v) is 6.31. The van der Waals surface area contributed by atoms with Crippen molar-refractivity contribution in [3.8, 4) is 5.69 Å². The molecule has 2 N–H and O–H groups in total. The van der Waals surface area contributed by atoms with E-state index in [0.29, 0.717) is 12.2 Å². The number of amides is 2. The maximum atomic E-state index is 12.7. The molecule has 1 atom stereocenters. The summed E-state index contributed by atoms with van der Waals surface area (Å²) >= 11 is 1.63. The van der Waals surface area contributed by atoms with Gasteiger partial charge in [-0.05, 0) is 48.7 Å². The molecule has 3 aromatic rings. The first-order valence-corrected chi connectivity index (χ1v) is 10.8. The van der Waals surface area contributed by atoms with Crippen LogP contribution in [0.4, 0.5) is 0 Å². The van der Waals surface area contributed by atoms with Gasteiger partial charge in [0, 0.05) is 11.4 Å². The lowest BCUT2D eigenvalue weighted by atomic mass is 10.1. The third-order valence-electron chi connectivity index (χ3n) is 4.99. The number of benzene rings is 2. The predicted molar refractivity (Wildman–Crippen MR) is 120 cm³/mol. The lowest BCUT2D eigenvalue weighted by molar-refractivity contribution is -0.120. The summed E-state index contributed by atoms with van der Waals surface area (Å²) in [7, 11) is 0. The Kier molecular flexibility index (Phi) is 6.18.